The highest BCUT2D eigenvalue weighted by Gasteiger charge is 2.22. The van der Waals surface area contributed by atoms with Crippen LogP contribution in [-0.2, 0) is 4.74 Å². The molecule has 0 unspecified atom stereocenters. The molecule has 0 aliphatic carbocycles. The Hall–Kier alpha value is -5.29. The fraction of sp³-hybridized carbons (Fsp3) is 0.212. The van der Waals surface area contributed by atoms with E-state index >= 15 is 0 Å². The van der Waals surface area contributed by atoms with Crippen LogP contribution in [0.5, 0.6) is 23.0 Å². The number of carbonyl (C=O) groups is 1. The zero-order valence-electron chi connectivity index (χ0n) is 24.1. The molecular formula is C33H29FN4O6. The molecule has 2 aromatic carbocycles. The number of carbonyl (C=O) groups excluding carboxylic acids is 1. The number of pyridine rings is 3. The summed E-state index contributed by atoms with van der Waals surface area (Å²) in [6.45, 7) is 1.17. The topological polar surface area (TPSA) is 114 Å². The Morgan fingerprint density at radius 1 is 0.955 bits per heavy atom. The number of fused-ring (bicyclic) bond motifs is 1. The summed E-state index contributed by atoms with van der Waals surface area (Å²) in [5.41, 5.74) is 0.971. The summed E-state index contributed by atoms with van der Waals surface area (Å²) >= 11 is 0. The van der Waals surface area contributed by atoms with Crippen LogP contribution in [0.4, 0.5) is 10.2 Å². The highest BCUT2D eigenvalue weighted by atomic mass is 19.1. The van der Waals surface area contributed by atoms with E-state index in [0.29, 0.717) is 58.2 Å². The second-order valence-corrected chi connectivity index (χ2v) is 10.2. The number of amides is 1. The number of anilines is 1. The van der Waals surface area contributed by atoms with E-state index in [0.717, 1.165) is 12.8 Å². The van der Waals surface area contributed by atoms with E-state index in [1.165, 1.54) is 30.5 Å². The number of benzene rings is 2. The summed E-state index contributed by atoms with van der Waals surface area (Å²) in [5, 5.41) is 3.43. The van der Waals surface area contributed by atoms with E-state index in [1.807, 2.05) is 4.57 Å². The number of hydrogen-bond acceptors (Lipinski definition) is 8. The number of aromatic nitrogens is 3. The van der Waals surface area contributed by atoms with E-state index in [2.05, 4.69) is 15.3 Å². The molecule has 0 atom stereocenters. The summed E-state index contributed by atoms with van der Waals surface area (Å²) in [7, 11) is 3.11. The molecule has 1 saturated heterocycles. The monoisotopic (exact) mass is 596 g/mol. The van der Waals surface area contributed by atoms with Gasteiger partial charge in [0, 0.05) is 54.9 Å². The number of ether oxygens (including phenoxy) is 4. The van der Waals surface area contributed by atoms with Gasteiger partial charge in [0.2, 0.25) is 5.43 Å². The molecule has 0 saturated carbocycles. The molecule has 1 amide bonds. The minimum atomic E-state index is -0.609. The van der Waals surface area contributed by atoms with Gasteiger partial charge < -0.3 is 28.8 Å². The number of nitrogens with one attached hydrogen (secondary N) is 1. The minimum absolute atomic E-state index is 0.0481. The lowest BCUT2D eigenvalue weighted by molar-refractivity contribution is 0.0694. The summed E-state index contributed by atoms with van der Waals surface area (Å²) in [6, 6.07) is 14.2. The maximum Gasteiger partial charge on any atom is 0.262 e. The van der Waals surface area contributed by atoms with Gasteiger partial charge in [-0.3, -0.25) is 14.6 Å². The zero-order chi connectivity index (χ0) is 30.6. The molecule has 6 rings (SSSR count). The van der Waals surface area contributed by atoms with E-state index in [9.17, 15) is 14.0 Å². The Bertz CT molecular complexity index is 1870. The number of hydrogen-bond donors (Lipinski definition) is 1. The predicted octanol–water partition coefficient (Wildman–Crippen LogP) is 6.01. The molecule has 11 heteroatoms. The summed E-state index contributed by atoms with van der Waals surface area (Å²) in [5.74, 6) is 1.25. The highest BCUT2D eigenvalue weighted by Crippen LogP contribution is 2.37. The first-order valence-electron chi connectivity index (χ1n) is 14.0. The molecular weight excluding hydrogens is 567 g/mol. The first kappa shape index (κ1) is 28.8. The van der Waals surface area contributed by atoms with Gasteiger partial charge in [-0.25, -0.2) is 9.37 Å². The molecule has 1 aliphatic heterocycles. The van der Waals surface area contributed by atoms with Gasteiger partial charge in [0.25, 0.3) is 5.91 Å². The minimum Gasteiger partial charge on any atom is -0.493 e. The maximum atomic E-state index is 13.6. The van der Waals surface area contributed by atoms with Crippen LogP contribution in [-0.4, -0.2) is 47.9 Å². The summed E-state index contributed by atoms with van der Waals surface area (Å²) < 4.78 is 37.9. The second-order valence-electron chi connectivity index (χ2n) is 10.2. The molecule has 10 nitrogen and oxygen atoms in total. The quantitative estimate of drug-likeness (QED) is 0.232. The SMILES string of the molecule is COc1cc2nccc(Oc3ccc(NC(=O)c4cn(C5CCOCC5)cc(-c5ccc(F)cc5)c4=O)nc3)c2cc1OC. The van der Waals surface area contributed by atoms with Crippen LogP contribution in [0.15, 0.2) is 84.2 Å². The van der Waals surface area contributed by atoms with Gasteiger partial charge in [-0.15, -0.1) is 0 Å². The maximum absolute atomic E-state index is 13.6. The Morgan fingerprint density at radius 2 is 1.70 bits per heavy atom. The van der Waals surface area contributed by atoms with Gasteiger partial charge in [0.05, 0.1) is 25.9 Å². The van der Waals surface area contributed by atoms with Crippen molar-refractivity contribution in [2.24, 2.45) is 0 Å². The first-order valence-corrected chi connectivity index (χ1v) is 14.0. The summed E-state index contributed by atoms with van der Waals surface area (Å²) in [6.07, 6.45) is 7.86. The van der Waals surface area contributed by atoms with Crippen molar-refractivity contribution in [3.05, 3.63) is 101 Å². The number of nitrogens with zero attached hydrogens (tertiary/aromatic N) is 3. The third-order valence-electron chi connectivity index (χ3n) is 7.47. The van der Waals surface area contributed by atoms with E-state index in [4.69, 9.17) is 18.9 Å². The zero-order valence-corrected chi connectivity index (χ0v) is 24.1. The molecule has 0 radical (unpaired) electrons. The lowest BCUT2D eigenvalue weighted by Gasteiger charge is -2.26. The van der Waals surface area contributed by atoms with Crippen LogP contribution >= 0.6 is 0 Å². The van der Waals surface area contributed by atoms with Crippen molar-refractivity contribution >= 4 is 22.6 Å². The van der Waals surface area contributed by atoms with Gasteiger partial charge in [-0.05, 0) is 54.8 Å². The van der Waals surface area contributed by atoms with Crippen molar-refractivity contribution in [2.75, 3.05) is 32.8 Å². The van der Waals surface area contributed by atoms with Crippen molar-refractivity contribution in [2.45, 2.75) is 18.9 Å². The van der Waals surface area contributed by atoms with Crippen molar-refractivity contribution < 1.29 is 28.1 Å². The molecule has 0 spiro atoms. The molecule has 1 N–H and O–H groups in total. The molecule has 44 heavy (non-hydrogen) atoms. The molecule has 224 valence electrons. The van der Waals surface area contributed by atoms with E-state index in [1.54, 1.807) is 63.1 Å². The van der Waals surface area contributed by atoms with Gasteiger partial charge in [0.15, 0.2) is 11.5 Å². The number of rotatable bonds is 8. The molecule has 4 heterocycles. The van der Waals surface area contributed by atoms with Gasteiger partial charge in [-0.2, -0.15) is 0 Å². The number of methoxy groups -OCH3 is 2. The van der Waals surface area contributed by atoms with Gasteiger partial charge in [-0.1, -0.05) is 12.1 Å². The Labute approximate surface area is 252 Å². The fourth-order valence-electron chi connectivity index (χ4n) is 5.15. The van der Waals surface area contributed by atoms with Crippen molar-refractivity contribution in [3.63, 3.8) is 0 Å². The van der Waals surface area contributed by atoms with Crippen molar-refractivity contribution in [1.29, 1.82) is 0 Å². The Kier molecular flexibility index (Phi) is 8.20. The highest BCUT2D eigenvalue weighted by molar-refractivity contribution is 6.04. The second kappa shape index (κ2) is 12.5. The molecule has 5 aromatic rings. The van der Waals surface area contributed by atoms with Crippen LogP contribution in [0.3, 0.4) is 0 Å². The summed E-state index contributed by atoms with van der Waals surface area (Å²) in [4.78, 5) is 35.7. The van der Waals surface area contributed by atoms with E-state index in [-0.39, 0.29) is 17.4 Å². The molecule has 1 aliphatic rings. The standard InChI is InChI=1S/C33H29FN4O6/c1-41-29-15-24-27(16-30(29)42-2)35-12-9-28(24)44-23-7-8-31(36-17-23)37-33(40)26-19-38(22-10-13-43-14-11-22)18-25(32(26)39)20-3-5-21(34)6-4-20/h3-9,12,15-19,22H,10-11,13-14H2,1-2H3,(H,36,37,40). The van der Waals surface area contributed by atoms with Crippen LogP contribution in [0.25, 0.3) is 22.0 Å². The molecule has 1 fully saturated rings. The number of halogens is 1. The predicted molar refractivity (Wildman–Crippen MR) is 162 cm³/mol. The molecule has 3 aromatic heterocycles. The average Bonchev–Trinajstić information content (AvgIpc) is 3.06. The smallest absolute Gasteiger partial charge is 0.262 e. The van der Waals surface area contributed by atoms with Gasteiger partial charge >= 0.3 is 0 Å². The fourth-order valence-corrected chi connectivity index (χ4v) is 5.15. The molecule has 0 bridgehead atoms. The Morgan fingerprint density at radius 3 is 2.41 bits per heavy atom. The first-order chi connectivity index (χ1) is 21.4. The third-order valence-corrected chi connectivity index (χ3v) is 7.47. The van der Waals surface area contributed by atoms with Crippen LogP contribution in [0.1, 0.15) is 29.2 Å². The van der Waals surface area contributed by atoms with Crippen molar-refractivity contribution in [1.82, 2.24) is 14.5 Å². The van der Waals surface area contributed by atoms with E-state index < -0.39 is 17.2 Å². The van der Waals surface area contributed by atoms with Crippen LogP contribution < -0.4 is 25.0 Å². The normalized spacial score (nSPS) is 13.4. The lowest BCUT2D eigenvalue weighted by atomic mass is 10.0. The third kappa shape index (κ3) is 5.95. The lowest BCUT2D eigenvalue weighted by Crippen LogP contribution is -2.27. The average molecular weight is 597 g/mol. The Balaban J connectivity index is 1.26. The van der Waals surface area contributed by atoms with Crippen molar-refractivity contribution in [3.8, 4) is 34.1 Å². The van der Waals surface area contributed by atoms with Gasteiger partial charge in [0.1, 0.15) is 28.7 Å². The van der Waals surface area contributed by atoms with Crippen LogP contribution in [0.2, 0.25) is 0 Å². The largest absolute Gasteiger partial charge is 0.493 e. The van der Waals surface area contributed by atoms with Crippen LogP contribution in [0, 0.1) is 5.82 Å².